The summed E-state index contributed by atoms with van der Waals surface area (Å²) in [5, 5.41) is 3.35. The highest BCUT2D eigenvalue weighted by Gasteiger charge is 2.29. The zero-order valence-corrected chi connectivity index (χ0v) is 11.9. The summed E-state index contributed by atoms with van der Waals surface area (Å²) in [6.45, 7) is 0.834. The van der Waals surface area contributed by atoms with Gasteiger partial charge in [0.15, 0.2) is 0 Å². The van der Waals surface area contributed by atoms with E-state index in [0.717, 1.165) is 36.5 Å². The fourth-order valence-corrected chi connectivity index (χ4v) is 2.73. The van der Waals surface area contributed by atoms with Gasteiger partial charge in [-0.2, -0.15) is 0 Å². The Kier molecular flexibility index (Phi) is 5.05. The fraction of sp³-hybridized carbons (Fsp3) is 0.600. The molecule has 1 N–H and O–H groups in total. The molecule has 0 aliphatic carbocycles. The second kappa shape index (κ2) is 6.78. The molecule has 0 bridgehead atoms. The van der Waals surface area contributed by atoms with E-state index < -0.39 is 0 Å². The average Bonchev–Trinajstić information content (AvgIpc) is 2.49. The van der Waals surface area contributed by atoms with Crippen LogP contribution in [0.4, 0.5) is 0 Å². The largest absolute Gasteiger partial charge is 0.496 e. The van der Waals surface area contributed by atoms with Gasteiger partial charge < -0.3 is 19.5 Å². The summed E-state index contributed by atoms with van der Waals surface area (Å²) in [6, 6.07) is 5.96. The van der Waals surface area contributed by atoms with Gasteiger partial charge in [-0.1, -0.05) is 6.07 Å². The van der Waals surface area contributed by atoms with Gasteiger partial charge in [-0.3, -0.25) is 0 Å². The van der Waals surface area contributed by atoms with Crippen molar-refractivity contribution < 1.29 is 14.2 Å². The van der Waals surface area contributed by atoms with Crippen molar-refractivity contribution >= 4 is 0 Å². The molecule has 0 saturated carbocycles. The molecular weight excluding hydrogens is 242 g/mol. The molecule has 1 aliphatic rings. The van der Waals surface area contributed by atoms with Gasteiger partial charge >= 0.3 is 0 Å². The van der Waals surface area contributed by atoms with E-state index in [4.69, 9.17) is 14.2 Å². The molecule has 4 heteroatoms. The number of hydrogen-bond donors (Lipinski definition) is 1. The number of hydrogen-bond acceptors (Lipinski definition) is 4. The van der Waals surface area contributed by atoms with Crippen LogP contribution in [0.5, 0.6) is 11.5 Å². The van der Waals surface area contributed by atoms with Crippen molar-refractivity contribution in [1.29, 1.82) is 0 Å². The molecule has 0 radical (unpaired) electrons. The lowest BCUT2D eigenvalue weighted by atomic mass is 9.94. The molecule has 1 aromatic carbocycles. The Morgan fingerprint density at radius 1 is 1.21 bits per heavy atom. The van der Waals surface area contributed by atoms with Crippen LogP contribution in [-0.2, 0) is 4.74 Å². The van der Waals surface area contributed by atoms with Gasteiger partial charge in [0.25, 0.3) is 0 Å². The number of likely N-dealkylation sites (N-methyl/N-ethyl adjacent to an activating group) is 1. The van der Waals surface area contributed by atoms with Crippen LogP contribution in [0.1, 0.15) is 30.9 Å². The summed E-state index contributed by atoms with van der Waals surface area (Å²) in [7, 11) is 5.33. The summed E-state index contributed by atoms with van der Waals surface area (Å²) in [5.74, 6) is 1.68. The summed E-state index contributed by atoms with van der Waals surface area (Å²) in [5.41, 5.74) is 1.04. The third kappa shape index (κ3) is 3.01. The average molecular weight is 265 g/mol. The number of rotatable bonds is 5. The van der Waals surface area contributed by atoms with Crippen LogP contribution in [0, 0.1) is 0 Å². The van der Waals surface area contributed by atoms with Crippen molar-refractivity contribution in [1.82, 2.24) is 5.32 Å². The Labute approximate surface area is 115 Å². The van der Waals surface area contributed by atoms with Gasteiger partial charge in [-0.15, -0.1) is 0 Å². The number of ether oxygens (including phenoxy) is 3. The topological polar surface area (TPSA) is 39.7 Å². The normalized spacial score (nSPS) is 20.9. The molecular formula is C15H23NO3. The highest BCUT2D eigenvalue weighted by molar-refractivity contribution is 5.47. The number of benzene rings is 1. The minimum absolute atomic E-state index is 0.0893. The lowest BCUT2D eigenvalue weighted by Crippen LogP contribution is -2.34. The molecule has 2 rings (SSSR count). The molecule has 1 aromatic rings. The Hall–Kier alpha value is -1.26. The van der Waals surface area contributed by atoms with E-state index in [1.807, 2.05) is 25.2 Å². The van der Waals surface area contributed by atoms with Crippen molar-refractivity contribution in [3.63, 3.8) is 0 Å². The minimum Gasteiger partial charge on any atom is -0.496 e. The molecule has 1 heterocycles. The Morgan fingerprint density at radius 3 is 2.37 bits per heavy atom. The first-order valence-corrected chi connectivity index (χ1v) is 6.81. The molecule has 0 aromatic heterocycles. The Morgan fingerprint density at radius 2 is 1.89 bits per heavy atom. The molecule has 1 aliphatic heterocycles. The van der Waals surface area contributed by atoms with Crippen LogP contribution in [-0.4, -0.2) is 34.0 Å². The van der Waals surface area contributed by atoms with Gasteiger partial charge in [-0.05, 0) is 38.4 Å². The van der Waals surface area contributed by atoms with Crippen LogP contribution in [0.3, 0.4) is 0 Å². The molecule has 4 nitrogen and oxygen atoms in total. The van der Waals surface area contributed by atoms with Crippen LogP contribution in [0.2, 0.25) is 0 Å². The standard InChI is InChI=1S/C15H23NO3/c1-16-15(13-7-4-5-10-19-13)14-11(17-2)8-6-9-12(14)18-3/h6,8-9,13,15-16H,4-5,7,10H2,1-3H3. The number of nitrogens with one attached hydrogen (secondary N) is 1. The number of methoxy groups -OCH3 is 2. The molecule has 1 saturated heterocycles. The maximum Gasteiger partial charge on any atom is 0.127 e. The van der Waals surface area contributed by atoms with Crippen molar-refractivity contribution in [3.05, 3.63) is 23.8 Å². The predicted octanol–water partition coefficient (Wildman–Crippen LogP) is 2.53. The van der Waals surface area contributed by atoms with Gasteiger partial charge in [0.1, 0.15) is 11.5 Å². The minimum atomic E-state index is 0.0893. The van der Waals surface area contributed by atoms with Crippen LogP contribution < -0.4 is 14.8 Å². The highest BCUT2D eigenvalue weighted by Crippen LogP contribution is 2.38. The predicted molar refractivity (Wildman–Crippen MR) is 74.9 cm³/mol. The van der Waals surface area contributed by atoms with Crippen molar-refractivity contribution in [3.8, 4) is 11.5 Å². The Bertz CT molecular complexity index is 380. The van der Waals surface area contributed by atoms with Crippen LogP contribution in [0.25, 0.3) is 0 Å². The Balaban J connectivity index is 2.35. The maximum atomic E-state index is 5.91. The molecule has 0 amide bonds. The molecule has 19 heavy (non-hydrogen) atoms. The smallest absolute Gasteiger partial charge is 0.127 e. The summed E-state index contributed by atoms with van der Waals surface area (Å²) in [4.78, 5) is 0. The molecule has 1 fully saturated rings. The van der Waals surface area contributed by atoms with E-state index in [1.54, 1.807) is 14.2 Å². The molecule has 2 atom stereocenters. The SMILES string of the molecule is CNC(c1c(OC)cccc1OC)C1CCCCO1. The third-order valence-corrected chi connectivity index (χ3v) is 3.67. The maximum absolute atomic E-state index is 5.91. The van der Waals surface area contributed by atoms with Gasteiger partial charge in [0.05, 0.1) is 31.9 Å². The molecule has 0 spiro atoms. The van der Waals surface area contributed by atoms with E-state index in [1.165, 1.54) is 6.42 Å². The van der Waals surface area contributed by atoms with E-state index in [0.29, 0.717) is 0 Å². The monoisotopic (exact) mass is 265 g/mol. The van der Waals surface area contributed by atoms with Gasteiger partial charge in [0, 0.05) is 6.61 Å². The zero-order chi connectivity index (χ0) is 13.7. The molecule has 106 valence electrons. The summed E-state index contributed by atoms with van der Waals surface area (Å²) >= 11 is 0. The van der Waals surface area contributed by atoms with Crippen LogP contribution >= 0.6 is 0 Å². The van der Waals surface area contributed by atoms with Crippen molar-refractivity contribution in [2.24, 2.45) is 0 Å². The summed E-state index contributed by atoms with van der Waals surface area (Å²) < 4.78 is 16.9. The fourth-order valence-electron chi connectivity index (χ4n) is 2.73. The van der Waals surface area contributed by atoms with Crippen LogP contribution in [0.15, 0.2) is 18.2 Å². The zero-order valence-electron chi connectivity index (χ0n) is 11.9. The summed E-state index contributed by atoms with van der Waals surface area (Å²) in [6.07, 6.45) is 3.59. The first kappa shape index (κ1) is 14.2. The first-order chi connectivity index (χ1) is 9.31. The van der Waals surface area contributed by atoms with E-state index in [2.05, 4.69) is 5.32 Å². The lowest BCUT2D eigenvalue weighted by Gasteiger charge is -2.32. The van der Waals surface area contributed by atoms with E-state index in [-0.39, 0.29) is 12.1 Å². The molecule has 2 unspecified atom stereocenters. The second-order valence-electron chi connectivity index (χ2n) is 4.75. The van der Waals surface area contributed by atoms with Crippen molar-refractivity contribution in [2.45, 2.75) is 31.4 Å². The third-order valence-electron chi connectivity index (χ3n) is 3.67. The quantitative estimate of drug-likeness (QED) is 0.888. The van der Waals surface area contributed by atoms with E-state index >= 15 is 0 Å². The van der Waals surface area contributed by atoms with Crippen molar-refractivity contribution in [2.75, 3.05) is 27.9 Å². The first-order valence-electron chi connectivity index (χ1n) is 6.81. The van der Waals surface area contributed by atoms with Gasteiger partial charge in [-0.25, -0.2) is 0 Å². The highest BCUT2D eigenvalue weighted by atomic mass is 16.5. The van der Waals surface area contributed by atoms with Gasteiger partial charge in [0.2, 0.25) is 0 Å². The second-order valence-corrected chi connectivity index (χ2v) is 4.75. The lowest BCUT2D eigenvalue weighted by molar-refractivity contribution is -0.00750. The van der Waals surface area contributed by atoms with E-state index in [9.17, 15) is 0 Å².